The lowest BCUT2D eigenvalue weighted by atomic mass is 9.91. The summed E-state index contributed by atoms with van der Waals surface area (Å²) in [5.74, 6) is 0.714. The van der Waals surface area contributed by atoms with Crippen LogP contribution in [0.1, 0.15) is 51.4 Å². The lowest BCUT2D eigenvalue weighted by molar-refractivity contribution is -0.135. The Bertz CT molecular complexity index is 951. The van der Waals surface area contributed by atoms with Gasteiger partial charge in [-0.25, -0.2) is 13.8 Å². The van der Waals surface area contributed by atoms with E-state index in [-0.39, 0.29) is 18.0 Å². The molecule has 10 heteroatoms. The predicted molar refractivity (Wildman–Crippen MR) is 136 cm³/mol. The van der Waals surface area contributed by atoms with Gasteiger partial charge >= 0.3 is 0 Å². The highest BCUT2D eigenvalue weighted by Gasteiger charge is 2.34. The SMILES string of the molecule is FCF.O=C(CCC1=CCCC=C1)N1CCC(O)(Cn2cnc(NCCN3CCCC3)cc2=O)CC1. The standard InChI is InChI=1S/C25H37N5O3.CH2F2/c31-23(9-8-21-6-2-1-3-7-21)29-15-10-25(33,11-16-29)19-30-20-27-22(18-24(30)32)26-12-17-28-13-4-5-14-28;2-1-3/h2,6-7,18,20,26,33H,1,3-5,8-17,19H2;1H2. The Morgan fingerprint density at radius 1 is 1.14 bits per heavy atom. The molecule has 1 amide bonds. The first-order valence-electron chi connectivity index (χ1n) is 12.9. The molecule has 0 spiro atoms. The van der Waals surface area contributed by atoms with E-state index in [0.29, 0.717) is 38.2 Å². The molecule has 2 aliphatic heterocycles. The highest BCUT2D eigenvalue weighted by atomic mass is 19.3. The van der Waals surface area contributed by atoms with Gasteiger partial charge in [-0.05, 0) is 58.0 Å². The fourth-order valence-corrected chi connectivity index (χ4v) is 4.90. The number of aromatic nitrogens is 2. The van der Waals surface area contributed by atoms with Crippen molar-refractivity contribution in [2.45, 2.75) is 63.5 Å². The first-order chi connectivity index (χ1) is 17.4. The molecular weight excluding hydrogens is 468 g/mol. The van der Waals surface area contributed by atoms with E-state index in [1.807, 2.05) is 4.90 Å². The number of nitrogens with one attached hydrogen (secondary N) is 1. The Labute approximate surface area is 211 Å². The second-order valence-corrected chi connectivity index (χ2v) is 9.68. The second kappa shape index (κ2) is 14.2. The van der Waals surface area contributed by atoms with Gasteiger partial charge in [-0.2, -0.15) is 0 Å². The number of amides is 1. The predicted octanol–water partition coefficient (Wildman–Crippen LogP) is 3.04. The number of aliphatic hydroxyl groups is 1. The van der Waals surface area contributed by atoms with Crippen molar-refractivity contribution in [1.82, 2.24) is 19.4 Å². The number of alkyl halides is 2. The maximum atomic E-state index is 12.6. The molecule has 36 heavy (non-hydrogen) atoms. The van der Waals surface area contributed by atoms with Crippen LogP contribution >= 0.6 is 0 Å². The van der Waals surface area contributed by atoms with E-state index in [9.17, 15) is 23.5 Å². The summed E-state index contributed by atoms with van der Waals surface area (Å²) in [5.41, 5.74) is 0.0696. The number of hydrogen-bond donors (Lipinski definition) is 2. The van der Waals surface area contributed by atoms with Crippen LogP contribution in [-0.4, -0.2) is 82.2 Å². The van der Waals surface area contributed by atoms with Gasteiger partial charge in [0.25, 0.3) is 5.56 Å². The van der Waals surface area contributed by atoms with Crippen LogP contribution in [0, 0.1) is 0 Å². The van der Waals surface area contributed by atoms with Gasteiger partial charge in [-0.15, -0.1) is 0 Å². The van der Waals surface area contributed by atoms with E-state index < -0.39 is 12.5 Å². The van der Waals surface area contributed by atoms with E-state index in [4.69, 9.17) is 0 Å². The average Bonchev–Trinajstić information content (AvgIpc) is 3.39. The molecule has 8 nitrogen and oxygen atoms in total. The molecule has 0 saturated carbocycles. The van der Waals surface area contributed by atoms with Crippen LogP contribution in [0.2, 0.25) is 0 Å². The van der Waals surface area contributed by atoms with Crippen molar-refractivity contribution >= 4 is 11.7 Å². The number of nitrogens with zero attached hydrogens (tertiary/aromatic N) is 4. The van der Waals surface area contributed by atoms with Crippen LogP contribution in [-0.2, 0) is 11.3 Å². The molecular formula is C26H39F2N5O3. The van der Waals surface area contributed by atoms with Crippen LogP contribution in [0.25, 0.3) is 0 Å². The Morgan fingerprint density at radius 2 is 1.86 bits per heavy atom. The van der Waals surface area contributed by atoms with Crippen molar-refractivity contribution in [3.05, 3.63) is 46.5 Å². The fraction of sp³-hybridized carbons (Fsp3) is 0.654. The van der Waals surface area contributed by atoms with Crippen LogP contribution in [0.15, 0.2) is 41.0 Å². The number of rotatable bonds is 9. The Balaban J connectivity index is 0.00000115. The molecule has 0 bridgehead atoms. The summed E-state index contributed by atoms with van der Waals surface area (Å²) >= 11 is 0. The van der Waals surface area contributed by atoms with Gasteiger partial charge in [0.1, 0.15) is 5.82 Å². The highest BCUT2D eigenvalue weighted by Crippen LogP contribution is 2.25. The van der Waals surface area contributed by atoms with Crippen LogP contribution in [0.3, 0.4) is 0 Å². The summed E-state index contributed by atoms with van der Waals surface area (Å²) in [4.78, 5) is 33.8. The van der Waals surface area contributed by atoms with Crippen molar-refractivity contribution in [2.75, 3.05) is 51.5 Å². The van der Waals surface area contributed by atoms with Crippen molar-refractivity contribution in [3.8, 4) is 0 Å². The lowest BCUT2D eigenvalue weighted by Gasteiger charge is -2.38. The Kier molecular flexibility index (Phi) is 11.1. The molecule has 1 aromatic heterocycles. The minimum atomic E-state index is -1.75. The number of carbonyl (C=O) groups excluding carboxylic acids is 1. The monoisotopic (exact) mass is 507 g/mol. The third kappa shape index (κ3) is 8.81. The van der Waals surface area contributed by atoms with E-state index >= 15 is 0 Å². The third-order valence-electron chi connectivity index (χ3n) is 7.02. The molecule has 0 unspecified atom stereocenters. The molecule has 3 aliphatic rings. The fourth-order valence-electron chi connectivity index (χ4n) is 4.90. The van der Waals surface area contributed by atoms with E-state index in [2.05, 4.69) is 33.4 Å². The Hall–Kier alpha value is -2.59. The number of hydrogen-bond acceptors (Lipinski definition) is 6. The second-order valence-electron chi connectivity index (χ2n) is 9.68. The van der Waals surface area contributed by atoms with Gasteiger partial charge in [0, 0.05) is 38.7 Å². The van der Waals surface area contributed by atoms with Gasteiger partial charge in [0.05, 0.1) is 18.5 Å². The van der Waals surface area contributed by atoms with Gasteiger partial charge in [0.15, 0.2) is 0 Å². The summed E-state index contributed by atoms with van der Waals surface area (Å²) in [6.45, 7) is 3.49. The van der Waals surface area contributed by atoms with Gasteiger partial charge < -0.3 is 20.2 Å². The van der Waals surface area contributed by atoms with Crippen molar-refractivity contribution in [3.63, 3.8) is 0 Å². The number of anilines is 1. The quantitative estimate of drug-likeness (QED) is 0.534. The maximum absolute atomic E-state index is 12.6. The minimum absolute atomic E-state index is 0.139. The van der Waals surface area contributed by atoms with Crippen LogP contribution < -0.4 is 10.9 Å². The maximum Gasteiger partial charge on any atom is 0.255 e. The zero-order valence-electron chi connectivity index (χ0n) is 21.0. The summed E-state index contributed by atoms with van der Waals surface area (Å²) in [6.07, 6.45) is 14.9. The number of carbonyl (C=O) groups is 1. The Morgan fingerprint density at radius 3 is 2.50 bits per heavy atom. The third-order valence-corrected chi connectivity index (χ3v) is 7.02. The zero-order valence-corrected chi connectivity index (χ0v) is 21.0. The first kappa shape index (κ1) is 28.0. The summed E-state index contributed by atoms with van der Waals surface area (Å²) in [5, 5.41) is 14.3. The van der Waals surface area contributed by atoms with E-state index in [0.717, 1.165) is 45.4 Å². The summed E-state index contributed by atoms with van der Waals surface area (Å²) < 4.78 is 20.7. The van der Waals surface area contributed by atoms with Crippen molar-refractivity contribution in [1.29, 1.82) is 0 Å². The normalized spacial score (nSPS) is 19.4. The number of piperidine rings is 1. The van der Waals surface area contributed by atoms with Gasteiger partial charge in [0.2, 0.25) is 12.8 Å². The number of likely N-dealkylation sites (tertiary alicyclic amines) is 2. The van der Waals surface area contributed by atoms with E-state index in [1.165, 1.54) is 35.4 Å². The number of allylic oxidation sites excluding steroid dienone is 4. The van der Waals surface area contributed by atoms with Gasteiger partial charge in [-0.3, -0.25) is 14.2 Å². The molecule has 0 aromatic carbocycles. The molecule has 4 rings (SSSR count). The topological polar surface area (TPSA) is 90.7 Å². The molecule has 200 valence electrons. The molecule has 0 atom stereocenters. The largest absolute Gasteiger partial charge is 0.388 e. The lowest BCUT2D eigenvalue weighted by Crippen LogP contribution is -2.49. The highest BCUT2D eigenvalue weighted by molar-refractivity contribution is 5.76. The van der Waals surface area contributed by atoms with Gasteiger partial charge in [-0.1, -0.05) is 23.8 Å². The minimum Gasteiger partial charge on any atom is -0.388 e. The van der Waals surface area contributed by atoms with E-state index in [1.54, 1.807) is 0 Å². The molecule has 3 heterocycles. The summed E-state index contributed by atoms with van der Waals surface area (Å²) in [7, 11) is 0. The van der Waals surface area contributed by atoms with Crippen LogP contribution in [0.5, 0.6) is 0 Å². The number of halogens is 2. The first-order valence-corrected chi connectivity index (χ1v) is 12.9. The molecule has 0 radical (unpaired) electrons. The molecule has 2 saturated heterocycles. The van der Waals surface area contributed by atoms with Crippen molar-refractivity contribution in [2.24, 2.45) is 0 Å². The summed E-state index contributed by atoms with van der Waals surface area (Å²) in [6, 6.07) is 1.50. The molecule has 2 fully saturated rings. The molecule has 1 aliphatic carbocycles. The zero-order chi connectivity index (χ0) is 25.8. The molecule has 1 aromatic rings. The van der Waals surface area contributed by atoms with Crippen molar-refractivity contribution < 1.29 is 18.7 Å². The average molecular weight is 508 g/mol. The molecule has 2 N–H and O–H groups in total. The smallest absolute Gasteiger partial charge is 0.255 e. The van der Waals surface area contributed by atoms with Crippen LogP contribution in [0.4, 0.5) is 14.6 Å².